The zero-order valence-electron chi connectivity index (χ0n) is 18.9. The number of allylic oxidation sites excluding steroid dienone is 1. The van der Waals surface area contributed by atoms with Crippen LogP contribution in [-0.2, 0) is 30.7 Å². The van der Waals surface area contributed by atoms with Crippen molar-refractivity contribution in [3.63, 3.8) is 0 Å². The van der Waals surface area contributed by atoms with Crippen molar-refractivity contribution in [2.75, 3.05) is 40.5 Å². The minimum atomic E-state index is 0.00229. The summed E-state index contributed by atoms with van der Waals surface area (Å²) in [7, 11) is 3.30. The number of ether oxygens (including phenoxy) is 3. The van der Waals surface area contributed by atoms with Gasteiger partial charge in [0.25, 0.3) is 5.91 Å². The van der Waals surface area contributed by atoms with Crippen LogP contribution in [0.1, 0.15) is 33.7 Å². The molecule has 0 spiro atoms. The van der Waals surface area contributed by atoms with Gasteiger partial charge in [-0.2, -0.15) is 5.10 Å². The van der Waals surface area contributed by atoms with Crippen LogP contribution in [0, 0.1) is 0 Å². The van der Waals surface area contributed by atoms with Crippen molar-refractivity contribution in [2.24, 2.45) is 0 Å². The SMILES string of the molecule is C=CCn1nc(C(=O)N2CCOCC2)c2c1CC[C@@H](NCc1cccc(OC)c1OC)C2. The van der Waals surface area contributed by atoms with E-state index >= 15 is 0 Å². The number of aromatic nitrogens is 2. The van der Waals surface area contributed by atoms with Crippen LogP contribution >= 0.6 is 0 Å². The van der Waals surface area contributed by atoms with Crippen molar-refractivity contribution < 1.29 is 19.0 Å². The lowest BCUT2D eigenvalue weighted by Gasteiger charge is -2.28. The summed E-state index contributed by atoms with van der Waals surface area (Å²) in [4.78, 5) is 15.1. The molecule has 0 bridgehead atoms. The summed E-state index contributed by atoms with van der Waals surface area (Å²) in [6.45, 7) is 7.49. The number of carbonyl (C=O) groups excluding carboxylic acids is 1. The fourth-order valence-corrected chi connectivity index (χ4v) is 4.57. The molecule has 1 saturated heterocycles. The number of hydrogen-bond donors (Lipinski definition) is 1. The van der Waals surface area contributed by atoms with Gasteiger partial charge in [0.05, 0.1) is 34.0 Å². The zero-order chi connectivity index (χ0) is 22.5. The zero-order valence-corrected chi connectivity index (χ0v) is 18.9. The second-order valence-electron chi connectivity index (χ2n) is 8.12. The van der Waals surface area contributed by atoms with E-state index in [0.717, 1.165) is 47.6 Å². The molecule has 2 aromatic rings. The number of carbonyl (C=O) groups is 1. The van der Waals surface area contributed by atoms with Crippen LogP contribution in [0.3, 0.4) is 0 Å². The molecule has 1 aliphatic carbocycles. The summed E-state index contributed by atoms with van der Waals surface area (Å²) < 4.78 is 18.3. The maximum atomic E-state index is 13.2. The third-order valence-electron chi connectivity index (χ3n) is 6.22. The standard InChI is InChI=1S/C24H32N4O4/c1-4-10-28-20-9-8-18(25-16-17-6-5-7-21(30-2)23(17)31-3)15-19(20)22(26-28)24(29)27-11-13-32-14-12-27/h4-7,18,25H,1,8-16H2,2-3H3/t18-/m1/s1. The Hall–Kier alpha value is -2.84. The Morgan fingerprint density at radius 1 is 1.31 bits per heavy atom. The van der Waals surface area contributed by atoms with Crippen molar-refractivity contribution >= 4 is 5.91 Å². The van der Waals surface area contributed by atoms with E-state index in [1.54, 1.807) is 14.2 Å². The van der Waals surface area contributed by atoms with Gasteiger partial charge in [0.1, 0.15) is 0 Å². The smallest absolute Gasteiger partial charge is 0.274 e. The Balaban J connectivity index is 1.52. The van der Waals surface area contributed by atoms with E-state index < -0.39 is 0 Å². The minimum Gasteiger partial charge on any atom is -0.493 e. The fourth-order valence-electron chi connectivity index (χ4n) is 4.57. The lowest BCUT2D eigenvalue weighted by atomic mass is 9.90. The monoisotopic (exact) mass is 440 g/mol. The molecule has 4 rings (SSSR count). The van der Waals surface area contributed by atoms with E-state index in [0.29, 0.717) is 45.1 Å². The molecule has 1 amide bonds. The summed E-state index contributed by atoms with van der Waals surface area (Å²) in [6.07, 6.45) is 4.45. The van der Waals surface area contributed by atoms with Gasteiger partial charge >= 0.3 is 0 Å². The molecule has 172 valence electrons. The molecule has 1 N–H and O–H groups in total. The number of nitrogens with zero attached hydrogens (tertiary/aromatic N) is 3. The third kappa shape index (κ3) is 4.52. The molecule has 0 saturated carbocycles. The lowest BCUT2D eigenvalue weighted by molar-refractivity contribution is 0.0297. The Morgan fingerprint density at radius 3 is 2.84 bits per heavy atom. The van der Waals surface area contributed by atoms with E-state index in [9.17, 15) is 4.79 Å². The quantitative estimate of drug-likeness (QED) is 0.634. The van der Waals surface area contributed by atoms with Crippen LogP contribution in [0.5, 0.6) is 11.5 Å². The van der Waals surface area contributed by atoms with Gasteiger partial charge < -0.3 is 24.4 Å². The highest BCUT2D eigenvalue weighted by Crippen LogP contribution is 2.31. The first-order valence-corrected chi connectivity index (χ1v) is 11.2. The molecule has 2 heterocycles. The molecule has 2 aliphatic rings. The fraction of sp³-hybridized carbons (Fsp3) is 0.500. The Morgan fingerprint density at radius 2 is 2.12 bits per heavy atom. The average Bonchev–Trinajstić information content (AvgIpc) is 3.20. The van der Waals surface area contributed by atoms with Crippen LogP contribution < -0.4 is 14.8 Å². The number of amides is 1. The number of para-hydroxylation sites is 1. The summed E-state index contributed by atoms with van der Waals surface area (Å²) in [5, 5.41) is 8.36. The van der Waals surface area contributed by atoms with E-state index in [-0.39, 0.29) is 11.9 Å². The molecule has 1 fully saturated rings. The van der Waals surface area contributed by atoms with Crippen LogP contribution in [0.15, 0.2) is 30.9 Å². The van der Waals surface area contributed by atoms with Crippen LogP contribution in [0.2, 0.25) is 0 Å². The first-order chi connectivity index (χ1) is 15.7. The van der Waals surface area contributed by atoms with Crippen LogP contribution in [-0.4, -0.2) is 67.2 Å². The van der Waals surface area contributed by atoms with E-state index in [1.807, 2.05) is 33.9 Å². The molecule has 1 aromatic heterocycles. The third-order valence-corrected chi connectivity index (χ3v) is 6.22. The largest absolute Gasteiger partial charge is 0.493 e. The van der Waals surface area contributed by atoms with Gasteiger partial charge in [0.2, 0.25) is 0 Å². The molecule has 0 radical (unpaired) electrons. The highest BCUT2D eigenvalue weighted by atomic mass is 16.5. The molecule has 1 aliphatic heterocycles. The lowest BCUT2D eigenvalue weighted by Crippen LogP contribution is -2.41. The Labute approximate surface area is 189 Å². The van der Waals surface area contributed by atoms with Gasteiger partial charge in [-0.05, 0) is 25.3 Å². The van der Waals surface area contributed by atoms with Gasteiger partial charge in [-0.1, -0.05) is 18.2 Å². The molecule has 8 heteroatoms. The number of rotatable bonds is 8. The first kappa shape index (κ1) is 22.4. The van der Waals surface area contributed by atoms with Gasteiger partial charge in [-0.25, -0.2) is 0 Å². The van der Waals surface area contributed by atoms with Gasteiger partial charge in [0.15, 0.2) is 17.2 Å². The molecule has 1 aromatic carbocycles. The van der Waals surface area contributed by atoms with Gasteiger partial charge in [-0.15, -0.1) is 6.58 Å². The molecular formula is C24H32N4O4. The minimum absolute atomic E-state index is 0.00229. The van der Waals surface area contributed by atoms with Crippen molar-refractivity contribution in [1.29, 1.82) is 0 Å². The molecule has 1 atom stereocenters. The molecule has 0 unspecified atom stereocenters. The number of benzene rings is 1. The predicted molar refractivity (Wildman–Crippen MR) is 121 cm³/mol. The van der Waals surface area contributed by atoms with Crippen molar-refractivity contribution in [3.05, 3.63) is 53.4 Å². The summed E-state index contributed by atoms with van der Waals surface area (Å²) in [5.74, 6) is 1.48. The summed E-state index contributed by atoms with van der Waals surface area (Å²) in [6, 6.07) is 6.15. The maximum Gasteiger partial charge on any atom is 0.274 e. The van der Waals surface area contributed by atoms with E-state index in [2.05, 4.69) is 11.9 Å². The Kier molecular flexibility index (Phi) is 7.12. The second-order valence-corrected chi connectivity index (χ2v) is 8.12. The number of methoxy groups -OCH3 is 2. The van der Waals surface area contributed by atoms with Crippen LogP contribution in [0.4, 0.5) is 0 Å². The normalized spacial score (nSPS) is 18.2. The number of morpholine rings is 1. The van der Waals surface area contributed by atoms with Gasteiger partial charge in [0, 0.05) is 42.5 Å². The van der Waals surface area contributed by atoms with Crippen molar-refractivity contribution in [1.82, 2.24) is 20.0 Å². The maximum absolute atomic E-state index is 13.2. The number of nitrogens with one attached hydrogen (secondary N) is 1. The number of fused-ring (bicyclic) bond motifs is 1. The van der Waals surface area contributed by atoms with Gasteiger partial charge in [-0.3, -0.25) is 9.48 Å². The second kappa shape index (κ2) is 10.2. The van der Waals surface area contributed by atoms with Crippen LogP contribution in [0.25, 0.3) is 0 Å². The Bertz CT molecular complexity index is 965. The highest BCUT2D eigenvalue weighted by Gasteiger charge is 2.31. The highest BCUT2D eigenvalue weighted by molar-refractivity contribution is 5.94. The van der Waals surface area contributed by atoms with E-state index in [4.69, 9.17) is 19.3 Å². The molecule has 32 heavy (non-hydrogen) atoms. The number of hydrogen-bond acceptors (Lipinski definition) is 6. The van der Waals surface area contributed by atoms with Crippen molar-refractivity contribution in [2.45, 2.75) is 38.4 Å². The first-order valence-electron chi connectivity index (χ1n) is 11.2. The van der Waals surface area contributed by atoms with E-state index in [1.165, 1.54) is 0 Å². The topological polar surface area (TPSA) is 77.9 Å². The molecule has 8 nitrogen and oxygen atoms in total. The predicted octanol–water partition coefficient (Wildman–Crippen LogP) is 2.21. The summed E-state index contributed by atoms with van der Waals surface area (Å²) in [5.41, 5.74) is 3.84. The molecular weight excluding hydrogens is 408 g/mol. The van der Waals surface area contributed by atoms with Crippen molar-refractivity contribution in [3.8, 4) is 11.5 Å². The summed E-state index contributed by atoms with van der Waals surface area (Å²) >= 11 is 0. The average molecular weight is 441 g/mol.